The molecule has 11 nitrogen and oxygen atoms in total. The summed E-state index contributed by atoms with van der Waals surface area (Å²) in [5.74, 6) is -1.36. The van der Waals surface area contributed by atoms with Gasteiger partial charge in [-0.05, 0) is 86.6 Å². The molecule has 1 aromatic heterocycles. The maximum atomic E-state index is 13.4. The van der Waals surface area contributed by atoms with Crippen LogP contribution in [0, 0.1) is 34.6 Å². The van der Waals surface area contributed by atoms with E-state index in [4.69, 9.17) is 0 Å². The summed E-state index contributed by atoms with van der Waals surface area (Å²) in [6, 6.07) is 3.18. The van der Waals surface area contributed by atoms with Gasteiger partial charge in [0.15, 0.2) is 0 Å². The Morgan fingerprint density at radius 1 is 1.02 bits per heavy atom. The lowest BCUT2D eigenvalue weighted by Crippen LogP contribution is -2.43. The molecule has 12 heteroatoms. The number of urea groups is 1. The first-order chi connectivity index (χ1) is 19.8. The molecule has 42 heavy (non-hydrogen) atoms. The number of carbonyl (C=O) groups is 2. The fourth-order valence-electron chi connectivity index (χ4n) is 4.68. The Kier molecular flexibility index (Phi) is 10.6. The van der Waals surface area contributed by atoms with Gasteiger partial charge in [0.25, 0.3) is 5.56 Å². The van der Waals surface area contributed by atoms with Crippen LogP contribution in [0.3, 0.4) is 0 Å². The number of sulfonamides is 1. The van der Waals surface area contributed by atoms with Crippen LogP contribution in [0.4, 0.5) is 4.79 Å². The molecule has 3 rings (SSSR count). The highest BCUT2D eigenvalue weighted by atomic mass is 32.2. The van der Waals surface area contributed by atoms with E-state index in [1.807, 2.05) is 27.7 Å². The van der Waals surface area contributed by atoms with Gasteiger partial charge in [-0.3, -0.25) is 9.59 Å². The zero-order valence-electron chi connectivity index (χ0n) is 24.8. The molecule has 2 amide bonds. The molecule has 0 spiro atoms. The first-order valence-electron chi connectivity index (χ1n) is 13.8. The molecule has 0 saturated heterocycles. The van der Waals surface area contributed by atoms with Crippen molar-refractivity contribution in [3.05, 3.63) is 73.8 Å². The van der Waals surface area contributed by atoms with Crippen LogP contribution in [0.15, 0.2) is 34.0 Å². The number of carboxylic acid groups (broad SMARTS) is 1. The second kappa shape index (κ2) is 13.8. The van der Waals surface area contributed by atoms with E-state index in [-0.39, 0.29) is 28.6 Å². The number of aliphatic carboxylic acids is 1. The first kappa shape index (κ1) is 32.5. The summed E-state index contributed by atoms with van der Waals surface area (Å²) in [7, 11) is -4.22. The quantitative estimate of drug-likeness (QED) is 0.199. The van der Waals surface area contributed by atoms with Crippen molar-refractivity contribution < 1.29 is 23.1 Å². The smallest absolute Gasteiger partial charge is 0.322 e. The van der Waals surface area contributed by atoms with Gasteiger partial charge >= 0.3 is 12.0 Å². The zero-order valence-corrected chi connectivity index (χ0v) is 25.7. The van der Waals surface area contributed by atoms with Crippen molar-refractivity contribution in [1.82, 2.24) is 25.3 Å². The number of amides is 2. The van der Waals surface area contributed by atoms with Crippen LogP contribution < -0.4 is 20.9 Å². The predicted molar refractivity (Wildman–Crippen MR) is 163 cm³/mol. The molecule has 5 N–H and O–H groups in total. The summed E-state index contributed by atoms with van der Waals surface area (Å²) in [5, 5.41) is 15.6. The number of unbranched alkanes of at least 4 members (excludes halogenated alkanes) is 1. The van der Waals surface area contributed by atoms with E-state index in [9.17, 15) is 27.9 Å². The fraction of sp³-hybridized carbons (Fsp3) is 0.400. The molecule has 3 aromatic rings. The minimum Gasteiger partial charge on any atom is -0.480 e. The summed E-state index contributed by atoms with van der Waals surface area (Å²) >= 11 is 0. The number of H-pyrrole nitrogens is 1. The van der Waals surface area contributed by atoms with E-state index in [0.29, 0.717) is 35.3 Å². The zero-order chi connectivity index (χ0) is 31.2. The Morgan fingerprint density at radius 3 is 2.29 bits per heavy atom. The van der Waals surface area contributed by atoms with Crippen molar-refractivity contribution in [2.75, 3.05) is 13.1 Å². The number of benzene rings is 2. The highest BCUT2D eigenvalue weighted by molar-refractivity contribution is 7.89. The molecule has 0 aliphatic rings. The molecular weight excluding hydrogens is 558 g/mol. The van der Waals surface area contributed by atoms with Crippen molar-refractivity contribution >= 4 is 39.0 Å². The maximum absolute atomic E-state index is 13.4. The van der Waals surface area contributed by atoms with E-state index in [2.05, 4.69) is 25.3 Å². The number of nitrogens with zero attached hydrogens (tertiary/aromatic N) is 1. The minimum atomic E-state index is -4.22. The number of nitrogens with one attached hydrogen (secondary N) is 4. The number of hydrogen-bond donors (Lipinski definition) is 5. The number of carbonyl (C=O) groups excluding carboxylic acids is 1. The van der Waals surface area contributed by atoms with Crippen molar-refractivity contribution in [2.45, 2.75) is 71.7 Å². The van der Waals surface area contributed by atoms with E-state index < -0.39 is 27.6 Å². The highest BCUT2D eigenvalue weighted by Crippen LogP contribution is 2.29. The Balaban J connectivity index is 1.79. The molecule has 1 atom stereocenters. The lowest BCUT2D eigenvalue weighted by Gasteiger charge is -2.21. The number of aromatic amines is 1. The van der Waals surface area contributed by atoms with Crippen LogP contribution in [-0.4, -0.2) is 54.6 Å². The van der Waals surface area contributed by atoms with Gasteiger partial charge in [0.2, 0.25) is 10.0 Å². The van der Waals surface area contributed by atoms with Crippen molar-refractivity contribution in [3.8, 4) is 0 Å². The topological polar surface area (TPSA) is 170 Å². The van der Waals surface area contributed by atoms with Crippen LogP contribution in [0.2, 0.25) is 0 Å². The first-order valence-corrected chi connectivity index (χ1v) is 15.3. The number of aromatic nitrogens is 2. The van der Waals surface area contributed by atoms with Gasteiger partial charge in [0.1, 0.15) is 11.9 Å². The number of hydrogen-bond acceptors (Lipinski definition) is 6. The maximum Gasteiger partial charge on any atom is 0.322 e. The van der Waals surface area contributed by atoms with E-state index in [1.165, 1.54) is 0 Å². The van der Waals surface area contributed by atoms with Gasteiger partial charge in [-0.25, -0.2) is 18.2 Å². The molecular formula is C30H39N5O6S. The van der Waals surface area contributed by atoms with Gasteiger partial charge in [-0.1, -0.05) is 31.6 Å². The molecule has 0 unspecified atom stereocenters. The molecule has 0 bridgehead atoms. The third kappa shape index (κ3) is 7.62. The average molecular weight is 598 g/mol. The summed E-state index contributed by atoms with van der Waals surface area (Å²) < 4.78 is 29.1. The van der Waals surface area contributed by atoms with Gasteiger partial charge in [0.05, 0.1) is 15.8 Å². The standard InChI is InChI=1S/C30H39N5O6S/c1-7-8-13-31-30(39)32-14-9-10-22-11-12-24-23(15-22)28(36)34-26(33-24)16-25(29(37)38)35-42(40,41)27-20(5)18(3)17(2)19(4)21(27)6/h9-12,15,25,35H,7-8,13-14,16H2,1-6H3,(H,37,38)(H2,31,32,39)(H,33,34,36)/t25-/m0/s1. The third-order valence-electron chi connectivity index (χ3n) is 7.48. The highest BCUT2D eigenvalue weighted by Gasteiger charge is 2.30. The second-order valence-corrected chi connectivity index (χ2v) is 12.0. The van der Waals surface area contributed by atoms with Crippen LogP contribution in [0.5, 0.6) is 0 Å². The van der Waals surface area contributed by atoms with Gasteiger partial charge < -0.3 is 20.7 Å². The lowest BCUT2D eigenvalue weighted by molar-refractivity contribution is -0.139. The molecule has 0 aliphatic heterocycles. The van der Waals surface area contributed by atoms with Gasteiger partial charge in [-0.2, -0.15) is 4.72 Å². The molecule has 0 fully saturated rings. The summed E-state index contributed by atoms with van der Waals surface area (Å²) in [6.07, 6.45) is 5.04. The Bertz CT molecular complexity index is 1670. The van der Waals surface area contributed by atoms with Crippen LogP contribution in [0.25, 0.3) is 17.0 Å². The molecule has 1 heterocycles. The van der Waals surface area contributed by atoms with E-state index in [1.54, 1.807) is 44.2 Å². The number of carboxylic acids is 1. The average Bonchev–Trinajstić information content (AvgIpc) is 2.93. The number of fused-ring (bicyclic) bond motifs is 1. The monoisotopic (exact) mass is 597 g/mol. The molecule has 2 aromatic carbocycles. The Hall–Kier alpha value is -4.03. The second-order valence-electron chi connectivity index (χ2n) is 10.4. The minimum absolute atomic E-state index is 0.0360. The number of rotatable bonds is 12. The fourth-order valence-corrected chi connectivity index (χ4v) is 6.47. The molecule has 0 saturated carbocycles. The Morgan fingerprint density at radius 2 is 1.67 bits per heavy atom. The Labute approximate surface area is 245 Å². The lowest BCUT2D eigenvalue weighted by atomic mass is 9.95. The van der Waals surface area contributed by atoms with Crippen LogP contribution in [-0.2, 0) is 21.2 Å². The summed E-state index contributed by atoms with van der Waals surface area (Å²) in [6.45, 7) is 11.9. The van der Waals surface area contributed by atoms with E-state index in [0.717, 1.165) is 29.5 Å². The van der Waals surface area contributed by atoms with Gasteiger partial charge in [0, 0.05) is 19.5 Å². The third-order valence-corrected chi connectivity index (χ3v) is 9.22. The summed E-state index contributed by atoms with van der Waals surface area (Å²) in [5.41, 5.74) is 4.30. The van der Waals surface area contributed by atoms with Crippen LogP contribution >= 0.6 is 0 Å². The predicted octanol–water partition coefficient (Wildman–Crippen LogP) is 3.55. The largest absolute Gasteiger partial charge is 0.480 e. The van der Waals surface area contributed by atoms with Crippen LogP contribution in [0.1, 0.15) is 59.0 Å². The normalized spacial score (nSPS) is 12.5. The molecule has 0 radical (unpaired) electrons. The molecule has 226 valence electrons. The molecule has 0 aliphatic carbocycles. The summed E-state index contributed by atoms with van der Waals surface area (Å²) in [4.78, 5) is 43.8. The van der Waals surface area contributed by atoms with Crippen molar-refractivity contribution in [2.24, 2.45) is 0 Å². The van der Waals surface area contributed by atoms with E-state index >= 15 is 0 Å². The van der Waals surface area contributed by atoms with Crippen molar-refractivity contribution in [1.29, 1.82) is 0 Å². The van der Waals surface area contributed by atoms with Crippen molar-refractivity contribution in [3.63, 3.8) is 0 Å². The SMILES string of the molecule is CCCCNC(=O)NCC=Cc1ccc2nc(C[C@H](NS(=O)(=O)c3c(C)c(C)c(C)c(C)c3C)C(=O)O)[nH]c(=O)c2c1. The van der Waals surface area contributed by atoms with Gasteiger partial charge in [-0.15, -0.1) is 0 Å².